The van der Waals surface area contributed by atoms with Crippen molar-refractivity contribution in [3.63, 3.8) is 0 Å². The smallest absolute Gasteiger partial charge is 0.339 e. The van der Waals surface area contributed by atoms with Crippen molar-refractivity contribution >= 4 is 29.3 Å². The molecule has 0 saturated heterocycles. The highest BCUT2D eigenvalue weighted by Gasteiger charge is 2.18. The summed E-state index contributed by atoms with van der Waals surface area (Å²) in [5.41, 5.74) is 0.942. The van der Waals surface area contributed by atoms with E-state index in [1.54, 1.807) is 50.5 Å². The Bertz CT molecular complexity index is 1440. The third-order valence-electron chi connectivity index (χ3n) is 5.07. The number of anilines is 1. The maximum absolute atomic E-state index is 12.8. The molecule has 0 atom stereocenters. The molecule has 0 unspecified atom stereocenters. The van der Waals surface area contributed by atoms with Crippen LogP contribution in [0.1, 0.15) is 28.5 Å². The summed E-state index contributed by atoms with van der Waals surface area (Å²) in [7, 11) is 0. The van der Waals surface area contributed by atoms with Gasteiger partial charge in [0.05, 0.1) is 18.6 Å². The van der Waals surface area contributed by atoms with Crippen molar-refractivity contribution in [2.24, 2.45) is 0 Å². The van der Waals surface area contributed by atoms with Crippen molar-refractivity contribution in [3.05, 3.63) is 94.2 Å². The Balaban J connectivity index is 1.53. The number of esters is 1. The highest BCUT2D eigenvalue weighted by molar-refractivity contribution is 7.99. The molecule has 2 aromatic carbocycles. The Morgan fingerprint density at radius 1 is 1.06 bits per heavy atom. The fourth-order valence-corrected chi connectivity index (χ4v) is 4.33. The molecule has 0 aliphatic rings. The van der Waals surface area contributed by atoms with Crippen LogP contribution in [-0.2, 0) is 16.0 Å². The Morgan fingerprint density at radius 2 is 1.81 bits per heavy atom. The molecule has 0 aliphatic heterocycles. The van der Waals surface area contributed by atoms with Gasteiger partial charge in [-0.2, -0.15) is 0 Å². The van der Waals surface area contributed by atoms with Gasteiger partial charge in [0, 0.05) is 39.1 Å². The number of hydrogen-bond donors (Lipinski definition) is 2. The summed E-state index contributed by atoms with van der Waals surface area (Å²) in [6.07, 6.45) is 2.90. The predicted molar refractivity (Wildman–Crippen MR) is 136 cm³/mol. The number of aromatic nitrogens is 4. The molecule has 9 nitrogen and oxygen atoms in total. The van der Waals surface area contributed by atoms with Crippen LogP contribution in [-0.4, -0.2) is 38.4 Å². The van der Waals surface area contributed by atoms with E-state index < -0.39 is 17.4 Å². The van der Waals surface area contributed by atoms with Gasteiger partial charge in [0.15, 0.2) is 11.6 Å². The Hall–Kier alpha value is -4.31. The van der Waals surface area contributed by atoms with Crippen LogP contribution in [0.15, 0.2) is 81.6 Å². The summed E-state index contributed by atoms with van der Waals surface area (Å²) >= 11 is 1.42. The molecule has 2 heterocycles. The number of carbonyl (C=O) groups excluding carboxylic acids is 2. The second-order valence-corrected chi connectivity index (χ2v) is 8.74. The normalized spacial score (nSPS) is 10.6. The van der Waals surface area contributed by atoms with Gasteiger partial charge in [-0.3, -0.25) is 9.59 Å². The van der Waals surface area contributed by atoms with Crippen molar-refractivity contribution in [1.82, 2.24) is 19.9 Å². The van der Waals surface area contributed by atoms with E-state index in [0.29, 0.717) is 21.8 Å². The summed E-state index contributed by atoms with van der Waals surface area (Å²) in [5, 5.41) is 2.76. The van der Waals surface area contributed by atoms with E-state index in [-0.39, 0.29) is 30.2 Å². The second kappa shape index (κ2) is 11.4. The van der Waals surface area contributed by atoms with Crippen LogP contribution < -0.4 is 10.9 Å². The van der Waals surface area contributed by atoms with Gasteiger partial charge >= 0.3 is 5.97 Å². The van der Waals surface area contributed by atoms with E-state index in [9.17, 15) is 14.4 Å². The lowest BCUT2D eigenvalue weighted by Gasteiger charge is -2.12. The summed E-state index contributed by atoms with van der Waals surface area (Å²) < 4.78 is 5.21. The molecule has 1 amide bonds. The molecule has 10 heteroatoms. The standard InChI is InChI=1S/C26H23N5O4S/c1-3-35-26(34)20-14-17(10-11-21(20)36-18-8-5-4-6-9-18)30-22(32)15-19-16(2)29-24(31-25(19)33)23-27-12-7-13-28-23/h4-14H,3,15H2,1-2H3,(H,30,32)(H,29,31,33). The van der Waals surface area contributed by atoms with Gasteiger partial charge in [-0.05, 0) is 50.2 Å². The van der Waals surface area contributed by atoms with E-state index >= 15 is 0 Å². The van der Waals surface area contributed by atoms with E-state index in [2.05, 4.69) is 25.3 Å². The molecule has 2 aromatic heterocycles. The van der Waals surface area contributed by atoms with Crippen LogP contribution in [0.2, 0.25) is 0 Å². The zero-order valence-corrected chi connectivity index (χ0v) is 20.5. The van der Waals surface area contributed by atoms with E-state index in [1.807, 2.05) is 30.3 Å². The Kier molecular flexibility index (Phi) is 7.86. The summed E-state index contributed by atoms with van der Waals surface area (Å²) in [6, 6.07) is 16.3. The van der Waals surface area contributed by atoms with Crippen molar-refractivity contribution in [3.8, 4) is 11.6 Å². The van der Waals surface area contributed by atoms with E-state index in [0.717, 1.165) is 4.90 Å². The first-order chi connectivity index (χ1) is 17.4. The number of nitrogens with zero attached hydrogens (tertiary/aromatic N) is 3. The highest BCUT2D eigenvalue weighted by atomic mass is 32.2. The SMILES string of the molecule is CCOC(=O)c1cc(NC(=O)Cc2c(C)nc(-c3ncccn3)[nH]c2=O)ccc1Sc1ccccc1. The number of H-pyrrole nitrogens is 1. The second-order valence-electron chi connectivity index (χ2n) is 7.62. The molecule has 36 heavy (non-hydrogen) atoms. The number of aryl methyl sites for hydroxylation is 1. The Labute approximate surface area is 211 Å². The average Bonchev–Trinajstić information content (AvgIpc) is 2.88. The number of hydrogen-bond acceptors (Lipinski definition) is 8. The summed E-state index contributed by atoms with van der Waals surface area (Å²) in [5.74, 6) is -0.392. The molecule has 4 rings (SSSR count). The first-order valence-corrected chi connectivity index (χ1v) is 12.0. The van der Waals surface area contributed by atoms with Crippen molar-refractivity contribution < 1.29 is 14.3 Å². The molecular weight excluding hydrogens is 478 g/mol. The molecule has 0 radical (unpaired) electrons. The van der Waals surface area contributed by atoms with Gasteiger partial charge in [0.2, 0.25) is 5.91 Å². The quantitative estimate of drug-likeness (QED) is 0.346. The molecule has 0 saturated carbocycles. The molecule has 0 aliphatic carbocycles. The molecular formula is C26H23N5O4S. The fourth-order valence-electron chi connectivity index (χ4n) is 3.39. The van der Waals surface area contributed by atoms with Gasteiger partial charge in [-0.1, -0.05) is 30.0 Å². The van der Waals surface area contributed by atoms with Crippen molar-refractivity contribution in [2.45, 2.75) is 30.1 Å². The molecule has 182 valence electrons. The largest absolute Gasteiger partial charge is 0.462 e. The number of aromatic amines is 1. The average molecular weight is 502 g/mol. The van der Waals surface area contributed by atoms with Crippen molar-refractivity contribution in [2.75, 3.05) is 11.9 Å². The molecule has 0 fully saturated rings. The van der Waals surface area contributed by atoms with Crippen molar-refractivity contribution in [1.29, 1.82) is 0 Å². The fraction of sp³-hybridized carbons (Fsp3) is 0.154. The van der Waals surface area contributed by atoms with Crippen LogP contribution in [0.4, 0.5) is 5.69 Å². The zero-order valence-electron chi connectivity index (χ0n) is 19.6. The zero-order chi connectivity index (χ0) is 25.5. The number of amides is 1. The summed E-state index contributed by atoms with van der Waals surface area (Å²) in [4.78, 5) is 54.9. The predicted octanol–water partition coefficient (Wildman–Crippen LogP) is 4.04. The third-order valence-corrected chi connectivity index (χ3v) is 6.15. The molecule has 4 aromatic rings. The maximum Gasteiger partial charge on any atom is 0.339 e. The minimum absolute atomic E-state index is 0.195. The summed E-state index contributed by atoms with van der Waals surface area (Å²) in [6.45, 7) is 3.61. The number of rotatable bonds is 8. The lowest BCUT2D eigenvalue weighted by atomic mass is 10.1. The third kappa shape index (κ3) is 6.02. The van der Waals surface area contributed by atoms with Gasteiger partial charge in [-0.25, -0.2) is 19.7 Å². The Morgan fingerprint density at radius 3 is 2.50 bits per heavy atom. The maximum atomic E-state index is 12.8. The van der Waals surface area contributed by atoms with Gasteiger partial charge < -0.3 is 15.0 Å². The topological polar surface area (TPSA) is 127 Å². The number of benzene rings is 2. The highest BCUT2D eigenvalue weighted by Crippen LogP contribution is 2.32. The number of nitrogens with one attached hydrogen (secondary N) is 2. The van der Waals surface area contributed by atoms with Gasteiger partial charge in [0.25, 0.3) is 5.56 Å². The molecule has 2 N–H and O–H groups in total. The monoisotopic (exact) mass is 501 g/mol. The molecule has 0 spiro atoms. The lowest BCUT2D eigenvalue weighted by Crippen LogP contribution is -2.24. The first-order valence-electron chi connectivity index (χ1n) is 11.2. The van der Waals surface area contributed by atoms with E-state index in [4.69, 9.17) is 4.74 Å². The van der Waals surface area contributed by atoms with Crippen LogP contribution in [0.5, 0.6) is 0 Å². The van der Waals surface area contributed by atoms with Crippen LogP contribution in [0, 0.1) is 6.92 Å². The van der Waals surface area contributed by atoms with Crippen LogP contribution >= 0.6 is 11.8 Å². The van der Waals surface area contributed by atoms with Crippen LogP contribution in [0.25, 0.3) is 11.6 Å². The minimum Gasteiger partial charge on any atom is -0.462 e. The van der Waals surface area contributed by atoms with Crippen LogP contribution in [0.3, 0.4) is 0 Å². The lowest BCUT2D eigenvalue weighted by molar-refractivity contribution is -0.115. The van der Waals surface area contributed by atoms with Gasteiger partial charge in [0.1, 0.15) is 0 Å². The number of ether oxygens (including phenoxy) is 1. The first kappa shape index (κ1) is 24.8. The number of carbonyl (C=O) groups is 2. The minimum atomic E-state index is -0.484. The van der Waals surface area contributed by atoms with Gasteiger partial charge in [-0.15, -0.1) is 0 Å². The van der Waals surface area contributed by atoms with E-state index in [1.165, 1.54) is 11.8 Å². The molecule has 0 bridgehead atoms.